The number of aromatic nitrogens is 2. The number of hydrogen-bond donors (Lipinski definition) is 4. The molecule has 1 saturated heterocycles. The van der Waals surface area contributed by atoms with E-state index in [1.54, 1.807) is 12.1 Å². The Morgan fingerprint density at radius 3 is 2.39 bits per heavy atom. The van der Waals surface area contributed by atoms with Crippen molar-refractivity contribution in [2.45, 2.75) is 31.8 Å². The maximum atomic E-state index is 9.38. The molecule has 2 aromatic carbocycles. The minimum atomic E-state index is 0.263. The highest BCUT2D eigenvalue weighted by molar-refractivity contribution is 5.51. The van der Waals surface area contributed by atoms with Crippen LogP contribution in [0.25, 0.3) is 0 Å². The van der Waals surface area contributed by atoms with Gasteiger partial charge in [-0.1, -0.05) is 42.5 Å². The maximum absolute atomic E-state index is 9.38. The number of likely N-dealkylation sites (tertiary alicyclic amines) is 1. The van der Waals surface area contributed by atoms with Crippen LogP contribution in [-0.4, -0.2) is 45.7 Å². The number of rotatable bonds is 8. The van der Waals surface area contributed by atoms with Gasteiger partial charge >= 0.3 is 0 Å². The van der Waals surface area contributed by atoms with Crippen molar-refractivity contribution in [3.63, 3.8) is 0 Å². The van der Waals surface area contributed by atoms with E-state index in [1.165, 1.54) is 5.56 Å². The Kier molecular flexibility index (Phi) is 6.84. The lowest BCUT2D eigenvalue weighted by Gasteiger charge is -2.32. The molecule has 162 valence electrons. The number of nitrogens with two attached hydrogens (primary N) is 1. The van der Waals surface area contributed by atoms with Crippen LogP contribution in [0.5, 0.6) is 5.75 Å². The molecule has 5 N–H and O–H groups in total. The second kappa shape index (κ2) is 10.1. The first-order chi connectivity index (χ1) is 15.1. The third kappa shape index (κ3) is 6.33. The molecule has 31 heavy (non-hydrogen) atoms. The summed E-state index contributed by atoms with van der Waals surface area (Å²) < 4.78 is 0. The summed E-state index contributed by atoms with van der Waals surface area (Å²) in [6.07, 6.45) is 2.97. The van der Waals surface area contributed by atoms with Gasteiger partial charge in [0, 0.05) is 38.3 Å². The van der Waals surface area contributed by atoms with Crippen LogP contribution in [0.2, 0.25) is 0 Å². The summed E-state index contributed by atoms with van der Waals surface area (Å²) in [5, 5.41) is 16.2. The largest absolute Gasteiger partial charge is 0.508 e. The Bertz CT molecular complexity index is 956. The summed E-state index contributed by atoms with van der Waals surface area (Å²) in [4.78, 5) is 11.2. The quantitative estimate of drug-likeness (QED) is 0.444. The van der Waals surface area contributed by atoms with Gasteiger partial charge in [0.05, 0.1) is 0 Å². The number of piperidine rings is 1. The van der Waals surface area contributed by atoms with E-state index in [-0.39, 0.29) is 11.7 Å². The van der Waals surface area contributed by atoms with Crippen molar-refractivity contribution in [1.29, 1.82) is 0 Å². The number of aromatic hydroxyl groups is 1. The van der Waals surface area contributed by atoms with E-state index in [0.29, 0.717) is 6.04 Å². The van der Waals surface area contributed by atoms with Crippen LogP contribution in [0.15, 0.2) is 60.7 Å². The van der Waals surface area contributed by atoms with Gasteiger partial charge in [-0.2, -0.15) is 9.97 Å². The smallest absolute Gasteiger partial charge is 0.223 e. The van der Waals surface area contributed by atoms with E-state index in [9.17, 15) is 5.11 Å². The Morgan fingerprint density at radius 2 is 1.65 bits per heavy atom. The van der Waals surface area contributed by atoms with Gasteiger partial charge in [-0.3, -0.25) is 4.90 Å². The molecule has 1 fully saturated rings. The molecule has 2 heterocycles. The number of anilines is 3. The maximum Gasteiger partial charge on any atom is 0.223 e. The van der Waals surface area contributed by atoms with Gasteiger partial charge in [0.25, 0.3) is 0 Å². The van der Waals surface area contributed by atoms with Crippen molar-refractivity contribution in [3.05, 3.63) is 71.8 Å². The summed E-state index contributed by atoms with van der Waals surface area (Å²) in [5.74, 6) is 2.02. The zero-order chi connectivity index (χ0) is 21.5. The van der Waals surface area contributed by atoms with Crippen molar-refractivity contribution < 1.29 is 5.11 Å². The van der Waals surface area contributed by atoms with Crippen LogP contribution in [0.3, 0.4) is 0 Å². The highest BCUT2D eigenvalue weighted by Crippen LogP contribution is 2.20. The number of nitrogens with zero attached hydrogens (tertiary/aromatic N) is 3. The molecule has 7 nitrogen and oxygen atoms in total. The summed E-state index contributed by atoms with van der Waals surface area (Å²) >= 11 is 0. The second-order valence-corrected chi connectivity index (χ2v) is 8.02. The average Bonchev–Trinajstić information content (AvgIpc) is 2.77. The van der Waals surface area contributed by atoms with Crippen molar-refractivity contribution in [2.75, 3.05) is 36.0 Å². The van der Waals surface area contributed by atoms with Gasteiger partial charge < -0.3 is 21.5 Å². The molecule has 0 saturated carbocycles. The molecule has 4 rings (SSSR count). The number of phenolic OH excluding ortho intramolecular Hbond substituents is 1. The molecule has 0 radical (unpaired) electrons. The van der Waals surface area contributed by atoms with Gasteiger partial charge in [0.1, 0.15) is 17.4 Å². The van der Waals surface area contributed by atoms with Gasteiger partial charge in [-0.15, -0.1) is 0 Å². The summed E-state index contributed by atoms with van der Waals surface area (Å²) in [7, 11) is 0. The Hall–Kier alpha value is -3.32. The van der Waals surface area contributed by atoms with Gasteiger partial charge in [-0.05, 0) is 42.5 Å². The van der Waals surface area contributed by atoms with E-state index in [0.717, 1.165) is 62.6 Å². The van der Waals surface area contributed by atoms with Crippen molar-refractivity contribution >= 4 is 17.6 Å². The molecule has 0 unspecified atom stereocenters. The molecular weight excluding hydrogens is 388 g/mol. The molecule has 0 atom stereocenters. The van der Waals surface area contributed by atoms with Gasteiger partial charge in [-0.25, -0.2) is 0 Å². The third-order valence-electron chi connectivity index (χ3n) is 5.59. The van der Waals surface area contributed by atoms with Crippen LogP contribution < -0.4 is 16.4 Å². The lowest BCUT2D eigenvalue weighted by Crippen LogP contribution is -2.38. The fourth-order valence-corrected chi connectivity index (χ4v) is 3.91. The van der Waals surface area contributed by atoms with Crippen LogP contribution in [-0.2, 0) is 13.0 Å². The van der Waals surface area contributed by atoms with Gasteiger partial charge in [0.2, 0.25) is 5.95 Å². The molecule has 0 bridgehead atoms. The monoisotopic (exact) mass is 418 g/mol. The van der Waals surface area contributed by atoms with E-state index in [2.05, 4.69) is 55.8 Å². The number of benzene rings is 2. The summed E-state index contributed by atoms with van der Waals surface area (Å²) in [6.45, 7) is 3.84. The number of hydrogen-bond acceptors (Lipinski definition) is 7. The van der Waals surface area contributed by atoms with Crippen molar-refractivity contribution in [1.82, 2.24) is 14.9 Å². The third-order valence-corrected chi connectivity index (χ3v) is 5.59. The van der Waals surface area contributed by atoms with Crippen LogP contribution in [0.1, 0.15) is 24.0 Å². The second-order valence-electron chi connectivity index (χ2n) is 8.02. The molecule has 0 aliphatic carbocycles. The highest BCUT2D eigenvalue weighted by atomic mass is 16.3. The standard InChI is InChI=1S/C24H30N6O/c25-24-28-22(26-13-10-18-6-8-21(31)9-7-18)16-23(29-24)27-20-11-14-30(15-12-20)17-19-4-2-1-3-5-19/h1-9,16,20,31H,10-15,17H2,(H4,25,26,27,28,29). The Balaban J connectivity index is 1.26. The SMILES string of the molecule is Nc1nc(NCCc2ccc(O)cc2)cc(NC2CCN(Cc3ccccc3)CC2)n1. The molecule has 0 amide bonds. The highest BCUT2D eigenvalue weighted by Gasteiger charge is 2.19. The predicted octanol–water partition coefficient (Wildman–Crippen LogP) is 3.50. The zero-order valence-electron chi connectivity index (χ0n) is 17.7. The number of nitrogen functional groups attached to an aromatic ring is 1. The first kappa shape index (κ1) is 20.9. The number of phenols is 1. The molecular formula is C24H30N6O. The van der Waals surface area contributed by atoms with Crippen LogP contribution in [0, 0.1) is 0 Å². The minimum absolute atomic E-state index is 0.263. The topological polar surface area (TPSA) is 99.3 Å². The molecule has 1 aromatic heterocycles. The van der Waals surface area contributed by atoms with E-state index in [1.807, 2.05) is 18.2 Å². The van der Waals surface area contributed by atoms with E-state index >= 15 is 0 Å². The van der Waals surface area contributed by atoms with Crippen molar-refractivity contribution in [2.24, 2.45) is 0 Å². The van der Waals surface area contributed by atoms with Crippen LogP contribution in [0.4, 0.5) is 17.6 Å². The summed E-state index contributed by atoms with van der Waals surface area (Å²) in [6, 6.07) is 20.2. The lowest BCUT2D eigenvalue weighted by atomic mass is 10.0. The summed E-state index contributed by atoms with van der Waals surface area (Å²) in [5.41, 5.74) is 8.44. The molecule has 7 heteroatoms. The molecule has 0 spiro atoms. The first-order valence-corrected chi connectivity index (χ1v) is 10.8. The molecule has 1 aliphatic heterocycles. The normalized spacial score (nSPS) is 15.0. The van der Waals surface area contributed by atoms with Crippen molar-refractivity contribution in [3.8, 4) is 5.75 Å². The van der Waals surface area contributed by atoms with Gasteiger partial charge in [0.15, 0.2) is 0 Å². The van der Waals surface area contributed by atoms with E-state index < -0.39 is 0 Å². The van der Waals surface area contributed by atoms with E-state index in [4.69, 9.17) is 5.73 Å². The fourth-order valence-electron chi connectivity index (χ4n) is 3.91. The Labute approximate surface area is 183 Å². The predicted molar refractivity (Wildman–Crippen MR) is 125 cm³/mol. The van der Waals surface area contributed by atoms with Crippen LogP contribution >= 0.6 is 0 Å². The minimum Gasteiger partial charge on any atom is -0.508 e. The number of nitrogens with one attached hydrogen (secondary N) is 2. The fraction of sp³-hybridized carbons (Fsp3) is 0.333. The average molecular weight is 419 g/mol. The lowest BCUT2D eigenvalue weighted by molar-refractivity contribution is 0.211. The Morgan fingerprint density at radius 1 is 0.935 bits per heavy atom. The molecule has 1 aliphatic rings. The molecule has 3 aromatic rings. The zero-order valence-corrected chi connectivity index (χ0v) is 17.7. The first-order valence-electron chi connectivity index (χ1n) is 10.8.